The third-order valence-electron chi connectivity index (χ3n) is 4.01. The summed E-state index contributed by atoms with van der Waals surface area (Å²) >= 11 is 0. The first kappa shape index (κ1) is 17.4. The first-order valence-electron chi connectivity index (χ1n) is 8.06. The molecule has 0 unspecified atom stereocenters. The first-order chi connectivity index (χ1) is 13.5. The number of nitrogens with two attached hydrogens (primary N) is 1. The van der Waals surface area contributed by atoms with Crippen LogP contribution in [0.5, 0.6) is 0 Å². The molecular formula is C18H13N7O2S. The van der Waals surface area contributed by atoms with E-state index in [-0.39, 0.29) is 10.5 Å². The number of fused-ring (bicyclic) bond motifs is 1. The number of H-pyrrole nitrogens is 1. The molecule has 0 aliphatic carbocycles. The number of aromatic amines is 1. The Morgan fingerprint density at radius 1 is 1.14 bits per heavy atom. The SMILES string of the molecule is N#Cc1cccc(S(=O)(=O)Nc2ccc(-c3ncc4c(N)[nH]nc4n3)cc2)c1. The molecule has 4 rings (SSSR count). The molecule has 0 saturated carbocycles. The van der Waals surface area contributed by atoms with Gasteiger partial charge in [0, 0.05) is 17.4 Å². The van der Waals surface area contributed by atoms with E-state index < -0.39 is 10.0 Å². The van der Waals surface area contributed by atoms with Gasteiger partial charge in [0.25, 0.3) is 10.0 Å². The molecule has 28 heavy (non-hydrogen) atoms. The van der Waals surface area contributed by atoms with Gasteiger partial charge in [0.15, 0.2) is 11.5 Å². The molecule has 0 aliphatic heterocycles. The summed E-state index contributed by atoms with van der Waals surface area (Å²) in [4.78, 5) is 8.61. The van der Waals surface area contributed by atoms with E-state index >= 15 is 0 Å². The molecule has 4 N–H and O–H groups in total. The average molecular weight is 391 g/mol. The van der Waals surface area contributed by atoms with E-state index in [1.165, 1.54) is 24.3 Å². The van der Waals surface area contributed by atoms with Crippen LogP contribution in [0.25, 0.3) is 22.4 Å². The summed E-state index contributed by atoms with van der Waals surface area (Å²) < 4.78 is 27.5. The van der Waals surface area contributed by atoms with Crippen LogP contribution in [0, 0.1) is 11.3 Å². The zero-order valence-electron chi connectivity index (χ0n) is 14.3. The zero-order chi connectivity index (χ0) is 19.7. The van der Waals surface area contributed by atoms with Crippen LogP contribution in [0.1, 0.15) is 5.56 Å². The molecule has 2 aromatic heterocycles. The summed E-state index contributed by atoms with van der Waals surface area (Å²) in [6.45, 7) is 0. The highest BCUT2D eigenvalue weighted by Crippen LogP contribution is 2.23. The lowest BCUT2D eigenvalue weighted by Crippen LogP contribution is -2.13. The fraction of sp³-hybridized carbons (Fsp3) is 0. The number of nitrogens with zero attached hydrogens (tertiary/aromatic N) is 4. The van der Waals surface area contributed by atoms with E-state index in [9.17, 15) is 8.42 Å². The number of anilines is 2. The van der Waals surface area contributed by atoms with E-state index in [0.29, 0.717) is 33.9 Å². The summed E-state index contributed by atoms with van der Waals surface area (Å²) in [6, 6.07) is 14.3. The number of aromatic nitrogens is 4. The standard InChI is InChI=1S/C18H13N7O2S/c19-9-11-2-1-3-14(8-11)28(26,27)25-13-6-4-12(5-7-13)17-21-10-15-16(20)23-24-18(15)22-17/h1-8,10,25H,(H3,20,21,22,23,24). The molecule has 0 radical (unpaired) electrons. The number of hydrogen-bond acceptors (Lipinski definition) is 7. The summed E-state index contributed by atoms with van der Waals surface area (Å²) in [6.07, 6.45) is 1.58. The molecule has 4 aromatic rings. The normalized spacial score (nSPS) is 11.2. The second kappa shape index (κ2) is 6.64. The molecule has 0 saturated heterocycles. The van der Waals surface area contributed by atoms with Crippen molar-refractivity contribution in [3.05, 3.63) is 60.3 Å². The second-order valence-corrected chi connectivity index (χ2v) is 7.57. The van der Waals surface area contributed by atoms with Crippen molar-refractivity contribution in [1.82, 2.24) is 20.2 Å². The molecule has 0 spiro atoms. The molecule has 2 aromatic carbocycles. The topological polar surface area (TPSA) is 150 Å². The number of benzene rings is 2. The monoisotopic (exact) mass is 391 g/mol. The highest BCUT2D eigenvalue weighted by molar-refractivity contribution is 7.92. The molecule has 10 heteroatoms. The number of nitrogen functional groups attached to an aromatic ring is 1. The van der Waals surface area contributed by atoms with E-state index in [2.05, 4.69) is 24.9 Å². The maximum atomic E-state index is 12.5. The molecule has 0 aliphatic rings. The van der Waals surface area contributed by atoms with Crippen molar-refractivity contribution in [2.75, 3.05) is 10.5 Å². The fourth-order valence-electron chi connectivity index (χ4n) is 2.59. The Morgan fingerprint density at radius 3 is 2.68 bits per heavy atom. The van der Waals surface area contributed by atoms with Gasteiger partial charge >= 0.3 is 0 Å². The molecule has 9 nitrogen and oxygen atoms in total. The molecule has 0 fully saturated rings. The van der Waals surface area contributed by atoms with Crippen LogP contribution in [0.4, 0.5) is 11.5 Å². The Bertz CT molecular complexity index is 1320. The van der Waals surface area contributed by atoms with Crippen molar-refractivity contribution in [2.45, 2.75) is 4.90 Å². The molecule has 0 bridgehead atoms. The molecular weight excluding hydrogens is 378 g/mol. The summed E-state index contributed by atoms with van der Waals surface area (Å²) in [5.74, 6) is 0.835. The number of sulfonamides is 1. The Morgan fingerprint density at radius 2 is 1.93 bits per heavy atom. The average Bonchev–Trinajstić information content (AvgIpc) is 3.08. The lowest BCUT2D eigenvalue weighted by Gasteiger charge is -2.09. The number of rotatable bonds is 4. The van der Waals surface area contributed by atoms with E-state index in [1.807, 2.05) is 6.07 Å². The van der Waals surface area contributed by atoms with Crippen molar-refractivity contribution in [3.63, 3.8) is 0 Å². The highest BCUT2D eigenvalue weighted by atomic mass is 32.2. The Balaban J connectivity index is 1.59. The van der Waals surface area contributed by atoms with Gasteiger partial charge in [-0.25, -0.2) is 18.4 Å². The van der Waals surface area contributed by atoms with E-state index in [0.717, 1.165) is 0 Å². The molecule has 138 valence electrons. The van der Waals surface area contributed by atoms with Crippen LogP contribution in [-0.2, 0) is 10.0 Å². The van der Waals surface area contributed by atoms with Crippen LogP contribution < -0.4 is 10.5 Å². The van der Waals surface area contributed by atoms with Crippen LogP contribution >= 0.6 is 0 Å². The van der Waals surface area contributed by atoms with Gasteiger partial charge in [0.2, 0.25) is 0 Å². The summed E-state index contributed by atoms with van der Waals surface area (Å²) in [5, 5.41) is 16.2. The smallest absolute Gasteiger partial charge is 0.261 e. The largest absolute Gasteiger partial charge is 0.383 e. The second-order valence-electron chi connectivity index (χ2n) is 5.89. The number of hydrogen-bond donors (Lipinski definition) is 3. The van der Waals surface area contributed by atoms with Crippen LogP contribution in [-0.4, -0.2) is 28.6 Å². The minimum atomic E-state index is -3.81. The van der Waals surface area contributed by atoms with Crippen molar-refractivity contribution >= 4 is 32.6 Å². The van der Waals surface area contributed by atoms with Gasteiger partial charge in [-0.2, -0.15) is 10.4 Å². The van der Waals surface area contributed by atoms with Gasteiger partial charge in [-0.1, -0.05) is 6.07 Å². The molecule has 2 heterocycles. The van der Waals surface area contributed by atoms with Gasteiger partial charge in [-0.3, -0.25) is 9.82 Å². The maximum absolute atomic E-state index is 12.5. The number of nitrogens with one attached hydrogen (secondary N) is 2. The minimum absolute atomic E-state index is 0.0144. The van der Waals surface area contributed by atoms with E-state index in [4.69, 9.17) is 11.0 Å². The lowest BCUT2D eigenvalue weighted by atomic mass is 10.2. The van der Waals surface area contributed by atoms with Crippen molar-refractivity contribution in [1.29, 1.82) is 5.26 Å². The first-order valence-corrected chi connectivity index (χ1v) is 9.54. The molecule has 0 atom stereocenters. The van der Waals surface area contributed by atoms with Gasteiger partial charge in [0.05, 0.1) is 21.9 Å². The summed E-state index contributed by atoms with van der Waals surface area (Å²) in [7, 11) is -3.81. The van der Waals surface area contributed by atoms with Crippen molar-refractivity contribution in [2.24, 2.45) is 0 Å². The third-order valence-corrected chi connectivity index (χ3v) is 5.39. The Hall–Kier alpha value is -3.97. The van der Waals surface area contributed by atoms with Crippen LogP contribution in [0.15, 0.2) is 59.6 Å². The summed E-state index contributed by atoms with van der Waals surface area (Å²) in [5.41, 5.74) is 7.51. The van der Waals surface area contributed by atoms with Crippen molar-refractivity contribution in [3.8, 4) is 17.5 Å². The lowest BCUT2D eigenvalue weighted by molar-refractivity contribution is 0.601. The highest BCUT2D eigenvalue weighted by Gasteiger charge is 2.15. The van der Waals surface area contributed by atoms with Gasteiger partial charge < -0.3 is 5.73 Å². The van der Waals surface area contributed by atoms with Gasteiger partial charge in [-0.15, -0.1) is 0 Å². The Kier molecular flexibility index (Phi) is 4.14. The number of nitriles is 1. The van der Waals surface area contributed by atoms with Crippen LogP contribution in [0.2, 0.25) is 0 Å². The fourth-order valence-corrected chi connectivity index (χ4v) is 3.70. The quantitative estimate of drug-likeness (QED) is 0.483. The molecule has 0 amide bonds. The predicted molar refractivity (Wildman–Crippen MR) is 103 cm³/mol. The van der Waals surface area contributed by atoms with Gasteiger partial charge in [-0.05, 0) is 42.5 Å². The van der Waals surface area contributed by atoms with Crippen LogP contribution in [0.3, 0.4) is 0 Å². The minimum Gasteiger partial charge on any atom is -0.383 e. The van der Waals surface area contributed by atoms with Gasteiger partial charge in [0.1, 0.15) is 5.82 Å². The zero-order valence-corrected chi connectivity index (χ0v) is 15.1. The van der Waals surface area contributed by atoms with Crippen molar-refractivity contribution < 1.29 is 8.42 Å². The predicted octanol–water partition coefficient (Wildman–Crippen LogP) is 2.27. The Labute approximate surface area is 159 Å². The van der Waals surface area contributed by atoms with E-state index in [1.54, 1.807) is 30.5 Å². The maximum Gasteiger partial charge on any atom is 0.261 e. The third kappa shape index (κ3) is 3.22.